The van der Waals surface area contributed by atoms with Crippen molar-refractivity contribution in [3.8, 4) is 11.5 Å². The summed E-state index contributed by atoms with van der Waals surface area (Å²) in [6.45, 7) is 0. The van der Waals surface area contributed by atoms with Crippen LogP contribution in [0.2, 0.25) is 5.02 Å². The molecule has 0 aliphatic carbocycles. The van der Waals surface area contributed by atoms with Crippen LogP contribution in [0.25, 0.3) is 0 Å². The monoisotopic (exact) mass is 324 g/mol. The largest absolute Gasteiger partial charge is 0.456 e. The molecule has 0 radical (unpaired) electrons. The SMILES string of the molecule is CNC(=O)/C(=N\OC)c1sccc1Oc1cccc(Cl)c1. The Morgan fingerprint density at radius 1 is 1.38 bits per heavy atom. The van der Waals surface area contributed by atoms with Gasteiger partial charge in [0.25, 0.3) is 5.91 Å². The second kappa shape index (κ2) is 7.10. The number of thiophene rings is 1. The van der Waals surface area contributed by atoms with Gasteiger partial charge in [-0.15, -0.1) is 11.3 Å². The van der Waals surface area contributed by atoms with Crippen molar-refractivity contribution < 1.29 is 14.4 Å². The van der Waals surface area contributed by atoms with E-state index in [-0.39, 0.29) is 11.6 Å². The number of rotatable bonds is 5. The molecule has 0 aliphatic rings. The third kappa shape index (κ3) is 3.74. The highest BCUT2D eigenvalue weighted by molar-refractivity contribution is 7.13. The summed E-state index contributed by atoms with van der Waals surface area (Å²) in [5, 5.41) is 8.66. The minimum atomic E-state index is -0.352. The first-order chi connectivity index (χ1) is 10.2. The second-order valence-corrected chi connectivity index (χ2v) is 5.23. The van der Waals surface area contributed by atoms with Crippen molar-refractivity contribution in [1.29, 1.82) is 0 Å². The number of nitrogens with one attached hydrogen (secondary N) is 1. The predicted molar refractivity (Wildman–Crippen MR) is 83.5 cm³/mol. The van der Waals surface area contributed by atoms with Crippen molar-refractivity contribution >= 4 is 34.6 Å². The van der Waals surface area contributed by atoms with Gasteiger partial charge in [-0.2, -0.15) is 0 Å². The summed E-state index contributed by atoms with van der Waals surface area (Å²) in [6, 6.07) is 8.77. The molecule has 0 aliphatic heterocycles. The lowest BCUT2D eigenvalue weighted by Crippen LogP contribution is -2.28. The fraction of sp³-hybridized carbons (Fsp3) is 0.143. The Kier molecular flexibility index (Phi) is 5.19. The zero-order chi connectivity index (χ0) is 15.2. The van der Waals surface area contributed by atoms with Crippen molar-refractivity contribution in [2.45, 2.75) is 0 Å². The summed E-state index contributed by atoms with van der Waals surface area (Å²) in [6.07, 6.45) is 0. The number of carbonyl (C=O) groups is 1. The van der Waals surface area contributed by atoms with Gasteiger partial charge in [0.2, 0.25) is 0 Å². The van der Waals surface area contributed by atoms with Crippen molar-refractivity contribution in [2.24, 2.45) is 5.16 Å². The third-order valence-electron chi connectivity index (χ3n) is 2.49. The highest BCUT2D eigenvalue weighted by Gasteiger charge is 2.20. The molecule has 7 heteroatoms. The molecule has 1 N–H and O–H groups in total. The molecule has 21 heavy (non-hydrogen) atoms. The second-order valence-electron chi connectivity index (χ2n) is 3.88. The van der Waals surface area contributed by atoms with Gasteiger partial charge in [0, 0.05) is 12.1 Å². The van der Waals surface area contributed by atoms with Crippen LogP contribution < -0.4 is 10.1 Å². The van der Waals surface area contributed by atoms with Gasteiger partial charge in [0.15, 0.2) is 5.71 Å². The Bertz CT molecular complexity index is 670. The molecule has 0 saturated carbocycles. The Hall–Kier alpha value is -2.05. The summed E-state index contributed by atoms with van der Waals surface area (Å²) in [4.78, 5) is 17.2. The number of benzene rings is 1. The van der Waals surface area contributed by atoms with E-state index in [1.807, 2.05) is 5.38 Å². The maximum atomic E-state index is 11.9. The highest BCUT2D eigenvalue weighted by Crippen LogP contribution is 2.31. The number of carbonyl (C=O) groups excluding carboxylic acids is 1. The first-order valence-corrected chi connectivity index (χ1v) is 7.26. The first-order valence-electron chi connectivity index (χ1n) is 6.00. The smallest absolute Gasteiger partial charge is 0.274 e. The van der Waals surface area contributed by atoms with Gasteiger partial charge in [-0.05, 0) is 29.6 Å². The third-order valence-corrected chi connectivity index (χ3v) is 3.63. The van der Waals surface area contributed by atoms with E-state index in [2.05, 4.69) is 10.5 Å². The van der Waals surface area contributed by atoms with Gasteiger partial charge < -0.3 is 14.9 Å². The Morgan fingerprint density at radius 3 is 2.86 bits per heavy atom. The number of amides is 1. The van der Waals surface area contributed by atoms with Crippen LogP contribution >= 0.6 is 22.9 Å². The molecule has 1 aromatic carbocycles. The molecule has 1 aromatic heterocycles. The molecule has 110 valence electrons. The lowest BCUT2D eigenvalue weighted by Gasteiger charge is -2.08. The van der Waals surface area contributed by atoms with E-state index in [0.29, 0.717) is 21.4 Å². The Morgan fingerprint density at radius 2 is 2.19 bits per heavy atom. The summed E-state index contributed by atoms with van der Waals surface area (Å²) in [5.41, 5.74) is 0.159. The molecule has 0 unspecified atom stereocenters. The zero-order valence-electron chi connectivity index (χ0n) is 11.4. The van der Waals surface area contributed by atoms with E-state index < -0.39 is 0 Å². The van der Waals surface area contributed by atoms with Crippen molar-refractivity contribution in [3.05, 3.63) is 45.6 Å². The fourth-order valence-corrected chi connectivity index (χ4v) is 2.58. The van der Waals surface area contributed by atoms with Gasteiger partial charge in [-0.25, -0.2) is 0 Å². The molecular weight excluding hydrogens is 312 g/mol. The molecule has 0 saturated heterocycles. The van der Waals surface area contributed by atoms with Crippen LogP contribution in [0.1, 0.15) is 4.88 Å². The first kappa shape index (κ1) is 15.3. The van der Waals surface area contributed by atoms with E-state index >= 15 is 0 Å². The van der Waals surface area contributed by atoms with E-state index in [9.17, 15) is 4.79 Å². The Labute approximate surface area is 131 Å². The van der Waals surface area contributed by atoms with Crippen molar-refractivity contribution in [1.82, 2.24) is 5.32 Å². The molecule has 2 aromatic rings. The summed E-state index contributed by atoms with van der Waals surface area (Å²) < 4.78 is 5.76. The zero-order valence-corrected chi connectivity index (χ0v) is 13.0. The van der Waals surface area contributed by atoms with Gasteiger partial charge in [-0.1, -0.05) is 22.8 Å². The number of hydrogen-bond acceptors (Lipinski definition) is 5. The highest BCUT2D eigenvalue weighted by atomic mass is 35.5. The normalized spacial score (nSPS) is 11.1. The van der Waals surface area contributed by atoms with Gasteiger partial charge >= 0.3 is 0 Å². The van der Waals surface area contributed by atoms with Crippen LogP contribution in [0, 0.1) is 0 Å². The molecule has 2 rings (SSSR count). The van der Waals surface area contributed by atoms with Gasteiger partial charge in [0.1, 0.15) is 23.5 Å². The van der Waals surface area contributed by atoms with Crippen molar-refractivity contribution in [2.75, 3.05) is 14.2 Å². The van der Waals surface area contributed by atoms with E-state index in [1.165, 1.54) is 25.5 Å². The molecule has 1 amide bonds. The molecule has 0 atom stereocenters. The van der Waals surface area contributed by atoms with Crippen LogP contribution in [0.15, 0.2) is 40.9 Å². The maximum absolute atomic E-state index is 11.9. The molecular formula is C14H13ClN2O3S. The number of oxime groups is 1. The lowest BCUT2D eigenvalue weighted by atomic mass is 10.2. The van der Waals surface area contributed by atoms with E-state index in [1.54, 1.807) is 30.3 Å². The predicted octanol–water partition coefficient (Wildman–Crippen LogP) is 3.29. The lowest BCUT2D eigenvalue weighted by molar-refractivity contribution is -0.114. The average Bonchev–Trinajstić information content (AvgIpc) is 2.92. The number of ether oxygens (including phenoxy) is 1. The quantitative estimate of drug-likeness (QED) is 0.678. The van der Waals surface area contributed by atoms with Crippen LogP contribution in [0.5, 0.6) is 11.5 Å². The van der Waals surface area contributed by atoms with Crippen LogP contribution in [-0.4, -0.2) is 25.8 Å². The van der Waals surface area contributed by atoms with E-state index in [0.717, 1.165) is 0 Å². The van der Waals surface area contributed by atoms with Crippen LogP contribution in [-0.2, 0) is 9.63 Å². The van der Waals surface area contributed by atoms with E-state index in [4.69, 9.17) is 21.2 Å². The van der Waals surface area contributed by atoms with Crippen molar-refractivity contribution in [3.63, 3.8) is 0 Å². The van der Waals surface area contributed by atoms with Gasteiger partial charge in [0.05, 0.1) is 0 Å². The average molecular weight is 325 g/mol. The summed E-state index contributed by atoms with van der Waals surface area (Å²) in [7, 11) is 2.91. The molecule has 5 nitrogen and oxygen atoms in total. The van der Waals surface area contributed by atoms with Crippen LogP contribution in [0.4, 0.5) is 0 Å². The Balaban J connectivity index is 2.33. The fourth-order valence-electron chi connectivity index (χ4n) is 1.60. The number of hydrogen-bond donors (Lipinski definition) is 1. The topological polar surface area (TPSA) is 59.9 Å². The molecule has 0 spiro atoms. The minimum absolute atomic E-state index is 0.159. The maximum Gasteiger partial charge on any atom is 0.274 e. The minimum Gasteiger partial charge on any atom is -0.456 e. The van der Waals surface area contributed by atoms with Crippen LogP contribution in [0.3, 0.4) is 0 Å². The molecule has 1 heterocycles. The molecule has 0 bridgehead atoms. The summed E-state index contributed by atoms with van der Waals surface area (Å²) in [5.74, 6) is 0.743. The van der Waals surface area contributed by atoms with Gasteiger partial charge in [-0.3, -0.25) is 4.79 Å². The summed E-state index contributed by atoms with van der Waals surface area (Å²) >= 11 is 7.26. The number of likely N-dealkylation sites (N-methyl/N-ethyl adjacent to an activating group) is 1. The standard InChI is InChI=1S/C14H13ClN2O3S/c1-16-14(18)12(17-19-2)13-11(6-7-21-13)20-10-5-3-4-9(15)8-10/h3-8H,1-2H3,(H,16,18)/b17-12-. The number of nitrogens with zero attached hydrogens (tertiary/aromatic N) is 1. The number of halogens is 1. The molecule has 0 fully saturated rings.